The van der Waals surface area contributed by atoms with Gasteiger partial charge in [0, 0.05) is 33.3 Å². The van der Waals surface area contributed by atoms with Crippen molar-refractivity contribution in [1.29, 1.82) is 0 Å². The fraction of sp³-hybridized carbons (Fsp3) is 0.0526. The van der Waals surface area contributed by atoms with Crippen molar-refractivity contribution in [2.45, 2.75) is 11.8 Å². The molecule has 0 saturated heterocycles. The lowest BCUT2D eigenvalue weighted by Crippen LogP contribution is -2.31. The summed E-state index contributed by atoms with van der Waals surface area (Å²) in [6.07, 6.45) is 1.49. The number of rotatable bonds is 6. The Labute approximate surface area is 302 Å². The number of carbonyl (C=O) groups excluding carboxylic acids is 2. The molecule has 0 saturated carbocycles. The van der Waals surface area contributed by atoms with Crippen LogP contribution in [0.4, 0.5) is 0 Å². The van der Waals surface area contributed by atoms with Crippen molar-refractivity contribution in [1.82, 2.24) is 5.32 Å². The van der Waals surface area contributed by atoms with Gasteiger partial charge in [-0.25, -0.2) is 0 Å². The van der Waals surface area contributed by atoms with Gasteiger partial charge in [0.05, 0.1) is 26.0 Å². The molecule has 6 rings (SSSR count). The summed E-state index contributed by atoms with van der Waals surface area (Å²) in [7, 11) is 0. The maximum Gasteiger partial charge on any atom is 0.235 e. The number of benzene rings is 5. The van der Waals surface area contributed by atoms with Crippen LogP contribution in [0.25, 0.3) is 11.1 Å². The second-order valence-corrected chi connectivity index (χ2v) is 13.4. The van der Waals surface area contributed by atoms with Gasteiger partial charge in [0.1, 0.15) is 0 Å². The van der Waals surface area contributed by atoms with Crippen LogP contribution in [-0.4, -0.2) is 11.7 Å². The van der Waals surface area contributed by atoms with E-state index < -0.39 is 11.8 Å². The van der Waals surface area contributed by atoms with Gasteiger partial charge in [0.15, 0.2) is 5.78 Å². The normalized spacial score (nSPS) is 16.6. The molecular formula is C38H23Cl6NO2. The molecule has 1 aliphatic heterocycles. The Bertz CT molecular complexity index is 2060. The predicted molar refractivity (Wildman–Crippen MR) is 195 cm³/mol. The molecule has 0 bridgehead atoms. The predicted octanol–water partition coefficient (Wildman–Crippen LogP) is 12.0. The summed E-state index contributed by atoms with van der Waals surface area (Å²) >= 11 is 38.6. The summed E-state index contributed by atoms with van der Waals surface area (Å²) in [5.74, 6) is -2.29. The van der Waals surface area contributed by atoms with E-state index in [0.29, 0.717) is 58.0 Å². The molecule has 2 atom stereocenters. The standard InChI is InChI=1S/C38H23Cl6NO2/c39-26-12-6-22(7-13-26)34-33(24-10-16-29(41)31(43)18-24)28(37(46)23-8-14-27(40)15-9-23)20-45-38(47)36(21-4-2-1-3-5-21)35(34)25-11-17-30(42)32(44)19-25/h1-20,33,36H,(H,45,47). The highest BCUT2D eigenvalue weighted by Crippen LogP contribution is 2.50. The van der Waals surface area contributed by atoms with E-state index in [9.17, 15) is 9.59 Å². The number of Topliss-reactive ketones (excluding diaryl/α,β-unsaturated/α-hetero) is 1. The number of carbonyl (C=O) groups is 2. The van der Waals surface area contributed by atoms with E-state index in [4.69, 9.17) is 69.6 Å². The van der Waals surface area contributed by atoms with Gasteiger partial charge < -0.3 is 5.32 Å². The van der Waals surface area contributed by atoms with Crippen LogP contribution < -0.4 is 5.32 Å². The van der Waals surface area contributed by atoms with E-state index in [2.05, 4.69) is 5.32 Å². The summed E-state index contributed by atoms with van der Waals surface area (Å²) in [6.45, 7) is 0. The Morgan fingerprint density at radius 2 is 1.09 bits per heavy atom. The van der Waals surface area contributed by atoms with Crippen molar-refractivity contribution in [3.63, 3.8) is 0 Å². The summed E-state index contributed by atoms with van der Waals surface area (Å²) < 4.78 is 0. The molecule has 2 unspecified atom stereocenters. The maximum atomic E-state index is 14.5. The average molecular weight is 738 g/mol. The lowest BCUT2D eigenvalue weighted by molar-refractivity contribution is -0.120. The molecule has 1 aliphatic rings. The highest BCUT2D eigenvalue weighted by atomic mass is 35.5. The molecule has 234 valence electrons. The second-order valence-electron chi connectivity index (χ2n) is 10.9. The second kappa shape index (κ2) is 14.3. The molecule has 0 aliphatic carbocycles. The Hall–Kier alpha value is -3.54. The number of hydrogen-bond donors (Lipinski definition) is 1. The first-order valence-electron chi connectivity index (χ1n) is 14.4. The summed E-state index contributed by atoms with van der Waals surface area (Å²) in [5, 5.41) is 5.28. The first-order chi connectivity index (χ1) is 22.6. The van der Waals surface area contributed by atoms with Gasteiger partial charge in [-0.2, -0.15) is 0 Å². The molecule has 1 N–H and O–H groups in total. The minimum Gasteiger partial charge on any atom is -0.331 e. The first kappa shape index (κ1) is 33.4. The zero-order chi connectivity index (χ0) is 33.2. The molecule has 9 heteroatoms. The Kier molecular flexibility index (Phi) is 10.1. The smallest absolute Gasteiger partial charge is 0.235 e. The minimum absolute atomic E-state index is 0.285. The SMILES string of the molecule is O=C(C1=CNC(=O)C(c2ccccc2)C(c2ccc(Cl)c(Cl)c2)=C(c2ccc(Cl)cc2)C1c1ccc(Cl)c(Cl)c1)c1ccc(Cl)cc1. The number of hydrogen-bond acceptors (Lipinski definition) is 2. The fourth-order valence-electron chi connectivity index (χ4n) is 5.82. The van der Waals surface area contributed by atoms with Gasteiger partial charge >= 0.3 is 0 Å². The number of ketones is 1. The van der Waals surface area contributed by atoms with E-state index >= 15 is 0 Å². The van der Waals surface area contributed by atoms with Crippen molar-refractivity contribution >= 4 is 92.4 Å². The number of amides is 1. The molecule has 5 aromatic carbocycles. The first-order valence-corrected chi connectivity index (χ1v) is 16.6. The third kappa shape index (κ3) is 7.03. The van der Waals surface area contributed by atoms with Crippen LogP contribution in [0.2, 0.25) is 30.1 Å². The van der Waals surface area contributed by atoms with Crippen LogP contribution in [0.15, 0.2) is 127 Å². The van der Waals surface area contributed by atoms with Gasteiger partial charge in [-0.05, 0) is 94.1 Å². The van der Waals surface area contributed by atoms with Crippen LogP contribution in [0.5, 0.6) is 0 Å². The van der Waals surface area contributed by atoms with Gasteiger partial charge in [-0.1, -0.05) is 124 Å². The van der Waals surface area contributed by atoms with Gasteiger partial charge in [0.25, 0.3) is 0 Å². The molecule has 3 nitrogen and oxygen atoms in total. The van der Waals surface area contributed by atoms with Crippen LogP contribution in [0.1, 0.15) is 44.4 Å². The van der Waals surface area contributed by atoms with E-state index in [1.54, 1.807) is 60.7 Å². The molecule has 1 heterocycles. The van der Waals surface area contributed by atoms with Crippen LogP contribution >= 0.6 is 69.6 Å². The molecule has 0 radical (unpaired) electrons. The van der Waals surface area contributed by atoms with Crippen molar-refractivity contribution in [3.8, 4) is 0 Å². The van der Waals surface area contributed by atoms with Crippen LogP contribution in [-0.2, 0) is 4.79 Å². The average Bonchev–Trinajstić information content (AvgIpc) is 3.06. The third-order valence-corrected chi connectivity index (χ3v) is 9.96. The lowest BCUT2D eigenvalue weighted by Gasteiger charge is -2.33. The number of halogens is 6. The van der Waals surface area contributed by atoms with Crippen molar-refractivity contribution in [3.05, 3.63) is 185 Å². The molecular weight excluding hydrogens is 715 g/mol. The Balaban J connectivity index is 1.78. The maximum absolute atomic E-state index is 14.5. The molecule has 47 heavy (non-hydrogen) atoms. The molecule has 0 aromatic heterocycles. The van der Waals surface area contributed by atoms with Crippen LogP contribution in [0.3, 0.4) is 0 Å². The fourth-order valence-corrected chi connectivity index (χ4v) is 6.67. The van der Waals surface area contributed by atoms with Crippen LogP contribution in [0, 0.1) is 0 Å². The van der Waals surface area contributed by atoms with Gasteiger partial charge in [-0.3, -0.25) is 9.59 Å². The summed E-state index contributed by atoms with van der Waals surface area (Å²) in [5.41, 5.74) is 4.69. The van der Waals surface area contributed by atoms with Crippen molar-refractivity contribution in [2.75, 3.05) is 0 Å². The monoisotopic (exact) mass is 735 g/mol. The highest BCUT2D eigenvalue weighted by molar-refractivity contribution is 6.42. The van der Waals surface area contributed by atoms with Crippen molar-refractivity contribution < 1.29 is 9.59 Å². The van der Waals surface area contributed by atoms with Gasteiger partial charge in [0.2, 0.25) is 5.91 Å². The zero-order valence-corrected chi connectivity index (χ0v) is 28.8. The van der Waals surface area contributed by atoms with E-state index in [-0.39, 0.29) is 17.3 Å². The minimum atomic E-state index is -0.840. The van der Waals surface area contributed by atoms with E-state index in [0.717, 1.165) is 11.1 Å². The largest absolute Gasteiger partial charge is 0.331 e. The third-order valence-electron chi connectivity index (χ3n) is 7.97. The van der Waals surface area contributed by atoms with E-state index in [1.165, 1.54) is 6.20 Å². The Morgan fingerprint density at radius 3 is 1.70 bits per heavy atom. The number of nitrogens with one attached hydrogen (secondary N) is 1. The van der Waals surface area contributed by atoms with Gasteiger partial charge in [-0.15, -0.1) is 0 Å². The molecule has 1 amide bonds. The summed E-state index contributed by atoms with van der Waals surface area (Å²) in [6, 6.07) is 33.8. The number of allylic oxidation sites excluding steroid dienone is 2. The van der Waals surface area contributed by atoms with E-state index in [1.807, 2.05) is 54.6 Å². The molecule has 0 fully saturated rings. The zero-order valence-electron chi connectivity index (χ0n) is 24.3. The molecule has 5 aromatic rings. The lowest BCUT2D eigenvalue weighted by atomic mass is 9.71. The Morgan fingerprint density at radius 1 is 0.532 bits per heavy atom. The molecule has 0 spiro atoms. The highest BCUT2D eigenvalue weighted by Gasteiger charge is 2.38. The summed E-state index contributed by atoms with van der Waals surface area (Å²) in [4.78, 5) is 28.9. The topological polar surface area (TPSA) is 46.2 Å². The van der Waals surface area contributed by atoms with Crippen molar-refractivity contribution in [2.24, 2.45) is 0 Å². The quantitative estimate of drug-likeness (QED) is 0.176.